The molecule has 9 heteroatoms. The fourth-order valence-electron chi connectivity index (χ4n) is 4.18. The number of anilines is 2. The third kappa shape index (κ3) is 4.63. The third-order valence-corrected chi connectivity index (χ3v) is 7.07. The molecule has 0 radical (unpaired) electrons. The van der Waals surface area contributed by atoms with Crippen LogP contribution in [0, 0.1) is 5.82 Å². The van der Waals surface area contributed by atoms with Crippen LogP contribution in [0.15, 0.2) is 71.6 Å². The van der Waals surface area contributed by atoms with Crippen molar-refractivity contribution in [1.29, 1.82) is 0 Å². The number of rotatable bonds is 5. The van der Waals surface area contributed by atoms with Gasteiger partial charge >= 0.3 is 6.16 Å². The molecule has 0 aliphatic carbocycles. The highest BCUT2D eigenvalue weighted by Gasteiger charge is 2.35. The van der Waals surface area contributed by atoms with Crippen molar-refractivity contribution < 1.29 is 27.4 Å². The molecule has 0 aromatic heterocycles. The van der Waals surface area contributed by atoms with Crippen LogP contribution >= 0.6 is 0 Å². The quantitative estimate of drug-likeness (QED) is 0.335. The number of carbonyl (C=O) groups is 1. The van der Waals surface area contributed by atoms with Gasteiger partial charge in [0.1, 0.15) is 16.5 Å². The number of para-hydroxylation sites is 1. The molecule has 0 spiro atoms. The second-order valence-electron chi connectivity index (χ2n) is 8.48. The zero-order valence-electron chi connectivity index (χ0n) is 18.0. The number of hydrogen-bond acceptors (Lipinski definition) is 5. The molecule has 0 bridgehead atoms. The first-order valence-corrected chi connectivity index (χ1v) is 11.7. The summed E-state index contributed by atoms with van der Waals surface area (Å²) in [6.45, 7) is 4.05. The molecule has 1 heterocycles. The highest BCUT2D eigenvalue weighted by Crippen LogP contribution is 2.46. The van der Waals surface area contributed by atoms with Crippen LogP contribution in [0.4, 0.5) is 20.6 Å². The summed E-state index contributed by atoms with van der Waals surface area (Å²) < 4.78 is 47.2. The van der Waals surface area contributed by atoms with Crippen LogP contribution in [0.3, 0.4) is 0 Å². The van der Waals surface area contributed by atoms with Gasteiger partial charge in [0.15, 0.2) is 0 Å². The average Bonchev–Trinajstić information content (AvgIpc) is 2.73. The van der Waals surface area contributed by atoms with Crippen molar-refractivity contribution in [3.8, 4) is 5.75 Å². The molecule has 0 amide bonds. The van der Waals surface area contributed by atoms with Gasteiger partial charge in [0.25, 0.3) is 10.0 Å². The molecular formula is C24H23FN2O5S. The van der Waals surface area contributed by atoms with Crippen molar-refractivity contribution >= 4 is 27.6 Å². The summed E-state index contributed by atoms with van der Waals surface area (Å²) in [4.78, 5) is 10.5. The van der Waals surface area contributed by atoms with Crippen molar-refractivity contribution in [3.05, 3.63) is 83.7 Å². The summed E-state index contributed by atoms with van der Waals surface area (Å²) in [6.07, 6.45) is -0.792. The summed E-state index contributed by atoms with van der Waals surface area (Å²) in [5.41, 5.74) is 2.37. The number of fused-ring (bicyclic) bond motifs is 1. The van der Waals surface area contributed by atoms with E-state index in [0.29, 0.717) is 17.7 Å². The van der Waals surface area contributed by atoms with E-state index in [1.54, 1.807) is 30.3 Å². The number of sulfonamides is 1. The third-order valence-electron chi connectivity index (χ3n) is 5.68. The summed E-state index contributed by atoms with van der Waals surface area (Å²) in [5.74, 6) is -0.597. The van der Waals surface area contributed by atoms with Gasteiger partial charge in [0.05, 0.1) is 11.7 Å². The number of halogens is 1. The molecule has 3 aromatic carbocycles. The fourth-order valence-corrected chi connectivity index (χ4v) is 5.34. The van der Waals surface area contributed by atoms with Crippen molar-refractivity contribution in [2.45, 2.75) is 36.6 Å². The first kappa shape index (κ1) is 22.6. The van der Waals surface area contributed by atoms with E-state index >= 15 is 0 Å². The second kappa shape index (κ2) is 8.40. The molecule has 3 N–H and O–H groups in total. The van der Waals surface area contributed by atoms with E-state index in [-0.39, 0.29) is 17.2 Å². The summed E-state index contributed by atoms with van der Waals surface area (Å²) in [6, 6.07) is 16.9. The Kier molecular flexibility index (Phi) is 5.75. The molecule has 0 saturated heterocycles. The van der Waals surface area contributed by atoms with Gasteiger partial charge in [-0.2, -0.15) is 0 Å². The molecule has 3 aromatic rings. The lowest BCUT2D eigenvalue weighted by Crippen LogP contribution is -2.31. The van der Waals surface area contributed by atoms with E-state index in [1.807, 2.05) is 26.0 Å². The molecule has 1 unspecified atom stereocenters. The first-order valence-electron chi connectivity index (χ1n) is 10.2. The normalized spacial score (nSPS) is 16.9. The highest BCUT2D eigenvalue weighted by molar-refractivity contribution is 7.92. The minimum atomic E-state index is -4.14. The van der Waals surface area contributed by atoms with Gasteiger partial charge in [0.2, 0.25) is 0 Å². The fraction of sp³-hybridized carbons (Fsp3) is 0.208. The van der Waals surface area contributed by atoms with Gasteiger partial charge in [-0.1, -0.05) is 44.2 Å². The van der Waals surface area contributed by atoms with Crippen molar-refractivity contribution in [1.82, 2.24) is 0 Å². The molecular weight excluding hydrogens is 447 g/mol. The van der Waals surface area contributed by atoms with E-state index in [1.165, 1.54) is 18.2 Å². The molecule has 1 atom stereocenters. The van der Waals surface area contributed by atoms with E-state index < -0.39 is 26.9 Å². The van der Waals surface area contributed by atoms with E-state index in [2.05, 4.69) is 10.0 Å². The van der Waals surface area contributed by atoms with Crippen LogP contribution in [0.2, 0.25) is 0 Å². The zero-order chi connectivity index (χ0) is 23.8. The van der Waals surface area contributed by atoms with Crippen molar-refractivity contribution in [3.63, 3.8) is 0 Å². The molecule has 7 nitrogen and oxygen atoms in total. The Hall–Kier alpha value is -3.59. The second-order valence-corrected chi connectivity index (χ2v) is 10.1. The first-order chi connectivity index (χ1) is 15.6. The predicted molar refractivity (Wildman–Crippen MR) is 123 cm³/mol. The topological polar surface area (TPSA) is 105 Å². The number of nitrogens with one attached hydrogen (secondary N) is 2. The lowest BCUT2D eigenvalue weighted by Gasteiger charge is -2.39. The number of carboxylic acid groups (broad SMARTS) is 1. The van der Waals surface area contributed by atoms with Gasteiger partial charge in [-0.15, -0.1) is 0 Å². The van der Waals surface area contributed by atoms with Gasteiger partial charge in [-0.25, -0.2) is 17.6 Å². The number of ether oxygens (including phenoxy) is 1. The van der Waals surface area contributed by atoms with Crippen LogP contribution < -0.4 is 14.8 Å². The molecule has 172 valence electrons. The average molecular weight is 471 g/mol. The minimum absolute atomic E-state index is 0.229. The highest BCUT2D eigenvalue weighted by atomic mass is 32.2. The molecule has 4 rings (SSSR count). The Bertz CT molecular complexity index is 1320. The van der Waals surface area contributed by atoms with Gasteiger partial charge < -0.3 is 15.2 Å². The smallest absolute Gasteiger partial charge is 0.449 e. The maximum absolute atomic E-state index is 14.1. The molecule has 0 saturated carbocycles. The van der Waals surface area contributed by atoms with E-state index in [4.69, 9.17) is 9.84 Å². The van der Waals surface area contributed by atoms with Gasteiger partial charge in [-0.05, 0) is 59.4 Å². The van der Waals surface area contributed by atoms with Gasteiger partial charge in [-0.3, -0.25) is 4.72 Å². The predicted octanol–water partition coefficient (Wildman–Crippen LogP) is 5.52. The van der Waals surface area contributed by atoms with E-state index in [9.17, 15) is 17.6 Å². The van der Waals surface area contributed by atoms with Crippen LogP contribution in [-0.4, -0.2) is 19.7 Å². The Balaban J connectivity index is 1.68. The molecule has 33 heavy (non-hydrogen) atoms. The van der Waals surface area contributed by atoms with Crippen LogP contribution in [0.1, 0.15) is 37.4 Å². The molecule has 1 aliphatic heterocycles. The Morgan fingerprint density at radius 2 is 1.82 bits per heavy atom. The van der Waals surface area contributed by atoms with Crippen LogP contribution in [0.25, 0.3) is 0 Å². The van der Waals surface area contributed by atoms with E-state index in [0.717, 1.165) is 17.3 Å². The van der Waals surface area contributed by atoms with Crippen molar-refractivity contribution in [2.75, 3.05) is 10.0 Å². The zero-order valence-corrected chi connectivity index (χ0v) is 18.8. The Morgan fingerprint density at radius 3 is 2.55 bits per heavy atom. The van der Waals surface area contributed by atoms with Crippen LogP contribution in [0.5, 0.6) is 5.75 Å². The maximum Gasteiger partial charge on any atom is 0.511 e. The molecule has 0 fully saturated rings. The lowest BCUT2D eigenvalue weighted by molar-refractivity contribution is 0.144. The lowest BCUT2D eigenvalue weighted by atomic mass is 9.74. The summed E-state index contributed by atoms with van der Waals surface area (Å²) in [7, 11) is -4.14. The Labute approximate surface area is 191 Å². The van der Waals surface area contributed by atoms with Crippen molar-refractivity contribution in [2.24, 2.45) is 0 Å². The monoisotopic (exact) mass is 470 g/mol. The van der Waals surface area contributed by atoms with Crippen LogP contribution in [-0.2, 0) is 15.4 Å². The summed E-state index contributed by atoms with van der Waals surface area (Å²) >= 11 is 0. The Morgan fingerprint density at radius 1 is 1.12 bits per heavy atom. The van der Waals surface area contributed by atoms with Gasteiger partial charge in [0, 0.05) is 5.69 Å². The molecule has 1 aliphatic rings. The largest absolute Gasteiger partial charge is 0.511 e. The number of benzene rings is 3. The minimum Gasteiger partial charge on any atom is -0.449 e. The SMILES string of the molecule is CC1(C)CC(c2ccccc2NS(=O)(=O)c2ccccc2F)Nc2ccc(OC(=O)O)cc21. The summed E-state index contributed by atoms with van der Waals surface area (Å²) in [5, 5.41) is 12.3. The number of hydrogen-bond donors (Lipinski definition) is 3. The standard InChI is InChI=1S/C24H23FN2O5S/c1-24(2)14-21(26-20-12-11-15(13-17(20)24)32-23(28)29)16-7-3-5-9-19(16)27-33(30,31)22-10-6-4-8-18(22)25/h3-13,21,26-27H,14H2,1-2H3,(H,28,29). The maximum atomic E-state index is 14.1.